The Morgan fingerprint density at radius 3 is 2.93 bits per heavy atom. The molecule has 0 saturated heterocycles. The molecule has 15 heavy (non-hydrogen) atoms. The van der Waals surface area contributed by atoms with Crippen LogP contribution in [0.1, 0.15) is 6.92 Å². The summed E-state index contributed by atoms with van der Waals surface area (Å²) in [6, 6.07) is 6.96. The van der Waals surface area contributed by atoms with Gasteiger partial charge in [-0.3, -0.25) is 0 Å². The maximum absolute atomic E-state index is 10.3. The van der Waals surface area contributed by atoms with Crippen LogP contribution in [0.25, 0.3) is 0 Å². The zero-order chi connectivity index (χ0) is 11.3. The van der Waals surface area contributed by atoms with Crippen LogP contribution in [0.5, 0.6) is 5.75 Å². The molecule has 0 spiro atoms. The summed E-state index contributed by atoms with van der Waals surface area (Å²) in [7, 11) is 0. The Labute approximate surface area is 92.9 Å². The van der Waals surface area contributed by atoms with E-state index in [0.29, 0.717) is 16.3 Å². The molecule has 0 aliphatic heterocycles. The van der Waals surface area contributed by atoms with Crippen LogP contribution in [0.3, 0.4) is 0 Å². The average molecular weight is 227 g/mol. The van der Waals surface area contributed by atoms with E-state index in [-0.39, 0.29) is 6.61 Å². The molecular formula is C11H11ClO3. The van der Waals surface area contributed by atoms with Crippen molar-refractivity contribution in [2.45, 2.75) is 6.92 Å². The predicted octanol–water partition coefficient (Wildman–Crippen LogP) is 2.75. The summed E-state index contributed by atoms with van der Waals surface area (Å²) in [5, 5.41) is 9.06. The van der Waals surface area contributed by atoms with Crippen molar-refractivity contribution in [1.29, 1.82) is 0 Å². The van der Waals surface area contributed by atoms with Crippen LogP contribution in [-0.4, -0.2) is 17.7 Å². The van der Waals surface area contributed by atoms with Gasteiger partial charge >= 0.3 is 5.97 Å². The molecule has 0 unspecified atom stereocenters. The summed E-state index contributed by atoms with van der Waals surface area (Å²) >= 11 is 5.76. The maximum Gasteiger partial charge on any atom is 0.328 e. The number of carboxylic acid groups (broad SMARTS) is 1. The van der Waals surface area contributed by atoms with E-state index in [1.165, 1.54) is 0 Å². The van der Waals surface area contributed by atoms with E-state index in [1.807, 2.05) is 0 Å². The van der Waals surface area contributed by atoms with Gasteiger partial charge in [0.15, 0.2) is 0 Å². The number of benzene rings is 1. The fraction of sp³-hybridized carbons (Fsp3) is 0.182. The molecule has 0 fully saturated rings. The van der Waals surface area contributed by atoms with Crippen LogP contribution in [0.4, 0.5) is 0 Å². The van der Waals surface area contributed by atoms with Crippen LogP contribution in [0.15, 0.2) is 35.9 Å². The highest BCUT2D eigenvalue weighted by Gasteiger charge is 1.97. The van der Waals surface area contributed by atoms with Crippen molar-refractivity contribution in [3.05, 3.63) is 40.9 Å². The Morgan fingerprint density at radius 2 is 2.33 bits per heavy atom. The van der Waals surface area contributed by atoms with Crippen LogP contribution < -0.4 is 4.74 Å². The van der Waals surface area contributed by atoms with Gasteiger partial charge < -0.3 is 9.84 Å². The van der Waals surface area contributed by atoms with Crippen LogP contribution in [0, 0.1) is 0 Å². The standard InChI is InChI=1S/C11H11ClO3/c1-8(5-11(13)14)7-15-10-4-2-3-9(12)6-10/h2-6H,7H2,1H3,(H,13,14). The quantitative estimate of drug-likeness (QED) is 0.803. The van der Waals surface area contributed by atoms with Crippen LogP contribution >= 0.6 is 11.6 Å². The zero-order valence-corrected chi connectivity index (χ0v) is 8.99. The molecule has 0 aromatic heterocycles. The maximum atomic E-state index is 10.3. The summed E-state index contributed by atoms with van der Waals surface area (Å²) in [5.41, 5.74) is 0.641. The second kappa shape index (κ2) is 5.41. The van der Waals surface area contributed by atoms with E-state index in [0.717, 1.165) is 6.08 Å². The van der Waals surface area contributed by atoms with Crippen LogP contribution in [-0.2, 0) is 4.79 Å². The molecule has 1 rings (SSSR count). The van der Waals surface area contributed by atoms with Gasteiger partial charge in [0.1, 0.15) is 12.4 Å². The van der Waals surface area contributed by atoms with Gasteiger partial charge in [0.25, 0.3) is 0 Å². The molecule has 4 heteroatoms. The number of hydrogen-bond donors (Lipinski definition) is 1. The minimum Gasteiger partial charge on any atom is -0.489 e. The van der Waals surface area contributed by atoms with Gasteiger partial charge in [-0.1, -0.05) is 17.7 Å². The van der Waals surface area contributed by atoms with Crippen molar-refractivity contribution in [3.63, 3.8) is 0 Å². The van der Waals surface area contributed by atoms with E-state index in [1.54, 1.807) is 31.2 Å². The lowest BCUT2D eigenvalue weighted by Gasteiger charge is -2.05. The minimum absolute atomic E-state index is 0.243. The fourth-order valence-electron chi connectivity index (χ4n) is 1.01. The minimum atomic E-state index is -0.970. The summed E-state index contributed by atoms with van der Waals surface area (Å²) in [6.45, 7) is 1.94. The number of carboxylic acids is 1. The third-order valence-corrected chi connectivity index (χ3v) is 1.87. The first-order valence-electron chi connectivity index (χ1n) is 4.36. The largest absolute Gasteiger partial charge is 0.489 e. The smallest absolute Gasteiger partial charge is 0.328 e. The molecule has 1 aromatic carbocycles. The highest BCUT2D eigenvalue weighted by Crippen LogP contribution is 2.17. The Kier molecular flexibility index (Phi) is 4.18. The molecular weight excluding hydrogens is 216 g/mol. The molecule has 0 atom stereocenters. The summed E-state index contributed by atoms with van der Waals surface area (Å²) in [5.74, 6) is -0.345. The van der Waals surface area contributed by atoms with Gasteiger partial charge in [0.05, 0.1) is 0 Å². The third kappa shape index (κ3) is 4.51. The molecule has 3 nitrogen and oxygen atoms in total. The zero-order valence-electron chi connectivity index (χ0n) is 8.24. The Balaban J connectivity index is 2.54. The molecule has 0 radical (unpaired) electrons. The Hall–Kier alpha value is -1.48. The lowest BCUT2D eigenvalue weighted by atomic mass is 10.3. The molecule has 1 N–H and O–H groups in total. The molecule has 0 saturated carbocycles. The van der Waals surface area contributed by atoms with Gasteiger partial charge in [-0.05, 0) is 30.7 Å². The summed E-state index contributed by atoms with van der Waals surface area (Å²) < 4.78 is 5.33. The number of rotatable bonds is 4. The molecule has 0 amide bonds. The first-order chi connectivity index (χ1) is 7.08. The number of hydrogen-bond acceptors (Lipinski definition) is 2. The fourth-order valence-corrected chi connectivity index (χ4v) is 1.19. The van der Waals surface area contributed by atoms with Gasteiger partial charge in [-0.15, -0.1) is 0 Å². The molecule has 1 aromatic rings. The number of ether oxygens (including phenoxy) is 1. The molecule has 0 heterocycles. The van der Waals surface area contributed by atoms with Crippen molar-refractivity contribution in [3.8, 4) is 5.75 Å². The van der Waals surface area contributed by atoms with Crippen molar-refractivity contribution in [2.75, 3.05) is 6.61 Å². The summed E-state index contributed by atoms with van der Waals surface area (Å²) in [4.78, 5) is 10.3. The summed E-state index contributed by atoms with van der Waals surface area (Å²) in [6.07, 6.45) is 1.12. The molecule has 0 bridgehead atoms. The first kappa shape index (κ1) is 11.6. The average Bonchev–Trinajstić information content (AvgIpc) is 2.14. The van der Waals surface area contributed by atoms with Gasteiger partial charge in [-0.25, -0.2) is 4.79 Å². The van der Waals surface area contributed by atoms with Gasteiger partial charge in [0.2, 0.25) is 0 Å². The monoisotopic (exact) mass is 226 g/mol. The highest BCUT2D eigenvalue weighted by molar-refractivity contribution is 6.30. The van der Waals surface area contributed by atoms with E-state index >= 15 is 0 Å². The number of carbonyl (C=O) groups is 1. The second-order valence-electron chi connectivity index (χ2n) is 3.07. The Bertz CT molecular complexity index is 385. The highest BCUT2D eigenvalue weighted by atomic mass is 35.5. The van der Waals surface area contributed by atoms with Crippen LogP contribution in [0.2, 0.25) is 5.02 Å². The first-order valence-corrected chi connectivity index (χ1v) is 4.74. The lowest BCUT2D eigenvalue weighted by molar-refractivity contribution is -0.131. The SMILES string of the molecule is CC(=CC(=O)O)COc1cccc(Cl)c1. The lowest BCUT2D eigenvalue weighted by Crippen LogP contribution is -2.01. The normalized spacial score (nSPS) is 11.2. The van der Waals surface area contributed by atoms with E-state index in [4.69, 9.17) is 21.4 Å². The number of aliphatic carboxylic acids is 1. The van der Waals surface area contributed by atoms with E-state index in [9.17, 15) is 4.79 Å². The van der Waals surface area contributed by atoms with Crippen molar-refractivity contribution >= 4 is 17.6 Å². The Morgan fingerprint density at radius 1 is 1.60 bits per heavy atom. The van der Waals surface area contributed by atoms with E-state index in [2.05, 4.69) is 0 Å². The second-order valence-corrected chi connectivity index (χ2v) is 3.51. The van der Waals surface area contributed by atoms with Crippen molar-refractivity contribution in [2.24, 2.45) is 0 Å². The third-order valence-electron chi connectivity index (χ3n) is 1.63. The topological polar surface area (TPSA) is 46.5 Å². The molecule has 80 valence electrons. The molecule has 0 aliphatic carbocycles. The van der Waals surface area contributed by atoms with E-state index < -0.39 is 5.97 Å². The van der Waals surface area contributed by atoms with Crippen molar-refractivity contribution < 1.29 is 14.6 Å². The number of halogens is 1. The van der Waals surface area contributed by atoms with Gasteiger partial charge in [-0.2, -0.15) is 0 Å². The van der Waals surface area contributed by atoms with Gasteiger partial charge in [0, 0.05) is 11.1 Å². The predicted molar refractivity (Wildman–Crippen MR) is 58.3 cm³/mol. The van der Waals surface area contributed by atoms with Crippen molar-refractivity contribution in [1.82, 2.24) is 0 Å². The molecule has 0 aliphatic rings.